The second-order valence-electron chi connectivity index (χ2n) is 9.40. The average molecular weight is 362 g/mol. The Morgan fingerprint density at radius 2 is 1.77 bits per heavy atom. The number of carbonyl (C=O) groups excluding carboxylic acids is 2. The first-order valence-corrected chi connectivity index (χ1v) is 10.0. The van der Waals surface area contributed by atoms with Crippen molar-refractivity contribution < 1.29 is 24.5 Å². The monoisotopic (exact) mass is 362 g/mol. The number of esters is 1. The zero-order chi connectivity index (χ0) is 18.9. The Kier molecular flexibility index (Phi) is 4.03. The summed E-state index contributed by atoms with van der Waals surface area (Å²) in [5.74, 6) is 1.05. The van der Waals surface area contributed by atoms with Crippen molar-refractivity contribution in [2.75, 3.05) is 0 Å². The van der Waals surface area contributed by atoms with Crippen molar-refractivity contribution in [3.63, 3.8) is 0 Å². The van der Waals surface area contributed by atoms with E-state index in [1.807, 2.05) is 0 Å². The molecule has 0 heterocycles. The predicted molar refractivity (Wildman–Crippen MR) is 95.2 cm³/mol. The Hall–Kier alpha value is -1.36. The minimum absolute atomic E-state index is 0.0132. The Morgan fingerprint density at radius 1 is 1.12 bits per heavy atom. The van der Waals surface area contributed by atoms with Gasteiger partial charge in [-0.15, -0.1) is 0 Å². The normalized spacial score (nSPS) is 47.8. The Bertz CT molecular complexity index is 682. The van der Waals surface area contributed by atoms with E-state index in [1.165, 1.54) is 6.92 Å². The van der Waals surface area contributed by atoms with E-state index in [0.717, 1.165) is 31.3 Å². The largest absolute Gasteiger partial charge is 0.509 e. The fourth-order valence-electron chi connectivity index (χ4n) is 6.95. The minimum atomic E-state index is -0.866. The zero-order valence-electron chi connectivity index (χ0n) is 16.0. The maximum Gasteiger partial charge on any atom is 0.303 e. The lowest BCUT2D eigenvalue weighted by atomic mass is 9.46. The average Bonchev–Trinajstić information content (AvgIpc) is 2.86. The van der Waals surface area contributed by atoms with Gasteiger partial charge in [0.2, 0.25) is 0 Å². The lowest BCUT2D eigenvalue weighted by Gasteiger charge is -2.58. The van der Waals surface area contributed by atoms with Gasteiger partial charge in [-0.3, -0.25) is 9.59 Å². The summed E-state index contributed by atoms with van der Waals surface area (Å²) in [7, 11) is 0. The van der Waals surface area contributed by atoms with Gasteiger partial charge in [0.25, 0.3) is 0 Å². The van der Waals surface area contributed by atoms with Crippen molar-refractivity contribution in [3.05, 3.63) is 11.3 Å². The van der Waals surface area contributed by atoms with Crippen molar-refractivity contribution in [1.82, 2.24) is 0 Å². The molecular weight excluding hydrogens is 332 g/mol. The van der Waals surface area contributed by atoms with Crippen LogP contribution in [0.1, 0.15) is 65.7 Å². The number of rotatable bonds is 1. The summed E-state index contributed by atoms with van der Waals surface area (Å²) in [5, 5.41) is 20.9. The topological polar surface area (TPSA) is 83.8 Å². The quantitative estimate of drug-likeness (QED) is 0.699. The van der Waals surface area contributed by atoms with Crippen molar-refractivity contribution in [3.8, 4) is 0 Å². The van der Waals surface area contributed by atoms with Crippen LogP contribution in [0.4, 0.5) is 0 Å². The highest BCUT2D eigenvalue weighted by molar-refractivity contribution is 5.87. The molecule has 0 amide bonds. The molecule has 0 saturated heterocycles. The lowest BCUT2D eigenvalue weighted by molar-refractivity contribution is -0.154. The van der Waals surface area contributed by atoms with Gasteiger partial charge in [-0.2, -0.15) is 0 Å². The summed E-state index contributed by atoms with van der Waals surface area (Å²) in [5.41, 5.74) is 0.218. The van der Waals surface area contributed by atoms with Crippen LogP contribution in [0.25, 0.3) is 0 Å². The van der Waals surface area contributed by atoms with E-state index in [4.69, 9.17) is 4.74 Å². The molecule has 0 radical (unpaired) electrons. The third kappa shape index (κ3) is 2.32. The van der Waals surface area contributed by atoms with E-state index in [1.54, 1.807) is 0 Å². The van der Waals surface area contributed by atoms with Crippen molar-refractivity contribution in [2.45, 2.75) is 77.9 Å². The molecule has 7 atom stereocenters. The molecule has 5 heteroatoms. The molecule has 144 valence electrons. The first-order chi connectivity index (χ1) is 12.2. The molecule has 1 unspecified atom stereocenters. The van der Waals surface area contributed by atoms with Crippen molar-refractivity contribution in [2.24, 2.45) is 28.6 Å². The first kappa shape index (κ1) is 18.0. The second-order valence-corrected chi connectivity index (χ2v) is 9.40. The third-order valence-corrected chi connectivity index (χ3v) is 8.22. The van der Waals surface area contributed by atoms with E-state index >= 15 is 0 Å². The van der Waals surface area contributed by atoms with Crippen LogP contribution < -0.4 is 0 Å². The van der Waals surface area contributed by atoms with E-state index in [-0.39, 0.29) is 22.6 Å². The van der Waals surface area contributed by atoms with Gasteiger partial charge in [-0.25, -0.2) is 0 Å². The van der Waals surface area contributed by atoms with Crippen LogP contribution in [0.3, 0.4) is 0 Å². The van der Waals surface area contributed by atoms with Gasteiger partial charge < -0.3 is 14.9 Å². The number of ether oxygens (including phenoxy) is 1. The SMILES string of the molecule is CC(=O)OC1C[C@@H]2[C@H](CC[C@]3(C)C(=O)CC[C@@H]23)[C@@]2(C)CC[C@H](O)C(O)=C12. The van der Waals surface area contributed by atoms with Gasteiger partial charge in [0.05, 0.1) is 0 Å². The second kappa shape index (κ2) is 5.82. The number of hydrogen-bond acceptors (Lipinski definition) is 5. The molecule has 3 saturated carbocycles. The Labute approximate surface area is 154 Å². The van der Waals surface area contributed by atoms with E-state index in [9.17, 15) is 19.8 Å². The van der Waals surface area contributed by atoms with Crippen LogP contribution in [-0.4, -0.2) is 34.2 Å². The summed E-state index contributed by atoms with van der Waals surface area (Å²) < 4.78 is 5.65. The summed E-state index contributed by atoms with van der Waals surface area (Å²) in [4.78, 5) is 24.3. The lowest BCUT2D eigenvalue weighted by Crippen LogP contribution is -2.55. The van der Waals surface area contributed by atoms with Gasteiger partial charge in [-0.05, 0) is 61.7 Å². The molecule has 0 aromatic rings. The molecule has 0 bridgehead atoms. The molecular formula is C21H30O5. The molecule has 4 aliphatic carbocycles. The molecule has 4 aliphatic rings. The smallest absolute Gasteiger partial charge is 0.303 e. The Morgan fingerprint density at radius 3 is 2.46 bits per heavy atom. The summed E-state index contributed by atoms with van der Waals surface area (Å²) in [6, 6.07) is 0. The molecule has 0 aromatic carbocycles. The van der Waals surface area contributed by atoms with E-state index < -0.39 is 12.2 Å². The molecule has 0 spiro atoms. The number of fused-ring (bicyclic) bond motifs is 5. The van der Waals surface area contributed by atoms with Crippen LogP contribution in [0.5, 0.6) is 0 Å². The fourth-order valence-corrected chi connectivity index (χ4v) is 6.95. The standard InChI is InChI=1S/C21H30O5/c1-11(22)26-16-10-12-13-4-5-17(24)20(13,2)8-6-14(12)21(3)9-7-15(23)19(25)18(16)21/h12-16,23,25H,4-10H2,1-3H3/t12-,13-,14-,15-,16?,20-,21+/m0/s1. The molecule has 3 fully saturated rings. The zero-order valence-corrected chi connectivity index (χ0v) is 16.0. The first-order valence-electron chi connectivity index (χ1n) is 10.0. The Balaban J connectivity index is 1.78. The molecule has 5 nitrogen and oxygen atoms in total. The molecule has 26 heavy (non-hydrogen) atoms. The number of Topliss-reactive ketones (excluding diaryl/α,β-unsaturated/α-hetero) is 1. The van der Waals surface area contributed by atoms with Crippen LogP contribution in [-0.2, 0) is 14.3 Å². The van der Waals surface area contributed by atoms with E-state index in [2.05, 4.69) is 13.8 Å². The van der Waals surface area contributed by atoms with Gasteiger partial charge >= 0.3 is 5.97 Å². The number of ketones is 1. The maximum atomic E-state index is 12.6. The summed E-state index contributed by atoms with van der Waals surface area (Å²) in [6.07, 6.45) is 4.05. The van der Waals surface area contributed by atoms with Crippen LogP contribution in [0.2, 0.25) is 0 Å². The van der Waals surface area contributed by atoms with Gasteiger partial charge in [0, 0.05) is 24.3 Å². The highest BCUT2D eigenvalue weighted by Crippen LogP contribution is 2.65. The van der Waals surface area contributed by atoms with Gasteiger partial charge in [0.15, 0.2) is 0 Å². The molecule has 4 rings (SSSR count). The minimum Gasteiger partial charge on any atom is -0.509 e. The molecule has 0 aromatic heterocycles. The van der Waals surface area contributed by atoms with E-state index in [0.29, 0.717) is 42.8 Å². The number of hydrogen-bond donors (Lipinski definition) is 2. The summed E-state index contributed by atoms with van der Waals surface area (Å²) >= 11 is 0. The summed E-state index contributed by atoms with van der Waals surface area (Å²) in [6.45, 7) is 5.68. The van der Waals surface area contributed by atoms with Crippen molar-refractivity contribution >= 4 is 11.8 Å². The van der Waals surface area contributed by atoms with Crippen LogP contribution >= 0.6 is 0 Å². The van der Waals surface area contributed by atoms with Crippen LogP contribution in [0, 0.1) is 28.6 Å². The third-order valence-electron chi connectivity index (χ3n) is 8.22. The van der Waals surface area contributed by atoms with Gasteiger partial charge in [-0.1, -0.05) is 13.8 Å². The van der Waals surface area contributed by atoms with Gasteiger partial charge in [0.1, 0.15) is 23.8 Å². The highest BCUT2D eigenvalue weighted by atomic mass is 16.5. The van der Waals surface area contributed by atoms with Crippen LogP contribution in [0.15, 0.2) is 11.3 Å². The number of aliphatic hydroxyl groups is 2. The fraction of sp³-hybridized carbons (Fsp3) is 0.810. The maximum absolute atomic E-state index is 12.6. The highest BCUT2D eigenvalue weighted by Gasteiger charge is 2.62. The van der Waals surface area contributed by atoms with Crippen molar-refractivity contribution in [1.29, 1.82) is 0 Å². The number of aliphatic hydroxyl groups excluding tert-OH is 2. The predicted octanol–water partition coefficient (Wildman–Crippen LogP) is 3.31. The molecule has 0 aliphatic heterocycles. The number of carbonyl (C=O) groups is 2. The molecule has 2 N–H and O–H groups in total.